The number of pyridine rings is 1. The average molecular weight is 275 g/mol. The van der Waals surface area contributed by atoms with Gasteiger partial charge in [0, 0.05) is 16.5 Å². The van der Waals surface area contributed by atoms with Crippen LogP contribution in [0.5, 0.6) is 5.75 Å². The Kier molecular flexibility index (Phi) is 2.86. The number of nitrogens with zero attached hydrogens (tertiary/aromatic N) is 1. The van der Waals surface area contributed by atoms with Crippen LogP contribution in [0.3, 0.4) is 0 Å². The summed E-state index contributed by atoms with van der Waals surface area (Å²) in [7, 11) is 0. The molecule has 1 fully saturated rings. The highest BCUT2D eigenvalue weighted by molar-refractivity contribution is 8.01. The minimum absolute atomic E-state index is 0.167. The zero-order valence-electron chi connectivity index (χ0n) is 10.2. The predicted octanol–water partition coefficient (Wildman–Crippen LogP) is 3.04. The molecule has 0 bridgehead atoms. The van der Waals surface area contributed by atoms with Crippen LogP contribution in [-0.2, 0) is 4.79 Å². The van der Waals surface area contributed by atoms with Crippen molar-refractivity contribution >= 4 is 28.6 Å². The lowest BCUT2D eigenvalue weighted by Gasteiger charge is -2.37. The van der Waals surface area contributed by atoms with Gasteiger partial charge >= 0.3 is 5.97 Å². The van der Waals surface area contributed by atoms with Gasteiger partial charge in [-0.2, -0.15) is 0 Å². The van der Waals surface area contributed by atoms with Crippen LogP contribution in [0.15, 0.2) is 35.4 Å². The van der Waals surface area contributed by atoms with Crippen LogP contribution in [-0.4, -0.2) is 25.9 Å². The summed E-state index contributed by atoms with van der Waals surface area (Å²) in [6, 6.07) is 6.78. The molecule has 0 atom stereocenters. The highest BCUT2D eigenvalue weighted by Gasteiger charge is 2.45. The lowest BCUT2D eigenvalue weighted by atomic mass is 9.84. The molecule has 1 aliphatic rings. The number of carboxylic acids is 1. The van der Waals surface area contributed by atoms with Crippen molar-refractivity contribution in [3.8, 4) is 5.75 Å². The molecule has 0 spiro atoms. The van der Waals surface area contributed by atoms with Gasteiger partial charge in [-0.15, -0.1) is 11.8 Å². The average Bonchev–Trinajstić information content (AvgIpc) is 2.33. The third-order valence-corrected chi connectivity index (χ3v) is 5.09. The Hall–Kier alpha value is -1.75. The summed E-state index contributed by atoms with van der Waals surface area (Å²) in [5, 5.41) is 19.8. The number of aliphatic carboxylic acids is 1. The van der Waals surface area contributed by atoms with Gasteiger partial charge in [-0.3, -0.25) is 9.78 Å². The van der Waals surface area contributed by atoms with Gasteiger partial charge in [0.15, 0.2) is 0 Å². The fourth-order valence-corrected chi connectivity index (χ4v) is 3.67. The van der Waals surface area contributed by atoms with Crippen LogP contribution in [0.1, 0.15) is 19.3 Å². The lowest BCUT2D eigenvalue weighted by Crippen LogP contribution is -2.41. The maximum absolute atomic E-state index is 11.4. The largest absolute Gasteiger partial charge is 0.508 e. The van der Waals surface area contributed by atoms with E-state index in [2.05, 4.69) is 4.98 Å². The summed E-state index contributed by atoms with van der Waals surface area (Å²) >= 11 is 1.37. The minimum Gasteiger partial charge on any atom is -0.508 e. The van der Waals surface area contributed by atoms with E-state index >= 15 is 0 Å². The van der Waals surface area contributed by atoms with Crippen molar-refractivity contribution in [2.45, 2.75) is 28.9 Å². The van der Waals surface area contributed by atoms with Crippen molar-refractivity contribution in [3.63, 3.8) is 0 Å². The van der Waals surface area contributed by atoms with Crippen molar-refractivity contribution in [1.29, 1.82) is 0 Å². The van der Waals surface area contributed by atoms with Crippen molar-refractivity contribution in [3.05, 3.63) is 30.5 Å². The summed E-state index contributed by atoms with van der Waals surface area (Å²) in [4.78, 5) is 16.5. The molecule has 0 saturated heterocycles. The monoisotopic (exact) mass is 275 g/mol. The van der Waals surface area contributed by atoms with Gasteiger partial charge in [-0.1, -0.05) is 0 Å². The Balaban J connectivity index is 2.05. The highest BCUT2D eigenvalue weighted by Crippen LogP contribution is 2.49. The molecular formula is C14H13NO3S. The second kappa shape index (κ2) is 4.42. The van der Waals surface area contributed by atoms with Crippen LogP contribution < -0.4 is 0 Å². The van der Waals surface area contributed by atoms with E-state index in [0.717, 1.165) is 22.2 Å². The molecule has 0 amide bonds. The molecular weight excluding hydrogens is 262 g/mol. The van der Waals surface area contributed by atoms with E-state index in [1.54, 1.807) is 24.4 Å². The van der Waals surface area contributed by atoms with Gasteiger partial charge in [-0.25, -0.2) is 0 Å². The molecule has 1 aromatic carbocycles. The first-order valence-corrected chi connectivity index (χ1v) is 6.93. The van der Waals surface area contributed by atoms with E-state index in [-0.39, 0.29) is 5.75 Å². The topological polar surface area (TPSA) is 70.4 Å². The molecule has 19 heavy (non-hydrogen) atoms. The van der Waals surface area contributed by atoms with Gasteiger partial charge in [0.25, 0.3) is 0 Å². The van der Waals surface area contributed by atoms with Crippen LogP contribution in [0.25, 0.3) is 10.9 Å². The summed E-state index contributed by atoms with van der Waals surface area (Å²) in [6.45, 7) is 0. The fraction of sp³-hybridized carbons (Fsp3) is 0.286. The molecule has 0 radical (unpaired) electrons. The number of rotatable bonds is 3. The summed E-state index contributed by atoms with van der Waals surface area (Å²) in [5.74, 6) is -0.589. The normalized spacial score (nSPS) is 17.1. The number of aromatic nitrogens is 1. The molecule has 4 nitrogen and oxygen atoms in total. The van der Waals surface area contributed by atoms with Gasteiger partial charge < -0.3 is 10.2 Å². The van der Waals surface area contributed by atoms with Crippen LogP contribution in [0, 0.1) is 0 Å². The number of hydrogen-bond donors (Lipinski definition) is 2. The molecule has 2 aromatic rings. The maximum Gasteiger partial charge on any atom is 0.320 e. The molecule has 98 valence electrons. The number of carbonyl (C=O) groups is 1. The molecule has 1 aromatic heterocycles. The second-order valence-electron chi connectivity index (χ2n) is 4.77. The molecule has 5 heteroatoms. The van der Waals surface area contributed by atoms with Crippen LogP contribution in [0.2, 0.25) is 0 Å². The Labute approximate surface area is 114 Å². The molecule has 1 saturated carbocycles. The maximum atomic E-state index is 11.4. The van der Waals surface area contributed by atoms with Crippen molar-refractivity contribution in [1.82, 2.24) is 4.98 Å². The lowest BCUT2D eigenvalue weighted by molar-refractivity contribution is -0.142. The van der Waals surface area contributed by atoms with E-state index in [1.807, 2.05) is 6.07 Å². The standard InChI is InChI=1S/C14H13NO3S/c16-9-2-3-11-10(8-9)12(4-7-15-11)19-14(13(17)18)5-1-6-14/h2-4,7-8,16H,1,5-6H2,(H,17,18). The first-order chi connectivity index (χ1) is 9.11. The molecule has 1 heterocycles. The van der Waals surface area contributed by atoms with E-state index in [0.29, 0.717) is 12.8 Å². The predicted molar refractivity (Wildman–Crippen MR) is 73.5 cm³/mol. The quantitative estimate of drug-likeness (QED) is 0.901. The number of phenols is 1. The summed E-state index contributed by atoms with van der Waals surface area (Å²) < 4.78 is -0.709. The van der Waals surface area contributed by atoms with Crippen molar-refractivity contribution in [2.24, 2.45) is 0 Å². The minimum atomic E-state index is -0.756. The SMILES string of the molecule is O=C(O)C1(Sc2ccnc3ccc(O)cc23)CCC1. The third-order valence-electron chi connectivity index (χ3n) is 3.54. The number of benzene rings is 1. The number of hydrogen-bond acceptors (Lipinski definition) is 4. The van der Waals surface area contributed by atoms with Gasteiger partial charge in [0.05, 0.1) is 5.52 Å². The number of aromatic hydroxyl groups is 1. The van der Waals surface area contributed by atoms with Gasteiger partial charge in [-0.05, 0) is 43.5 Å². The Morgan fingerprint density at radius 1 is 1.32 bits per heavy atom. The van der Waals surface area contributed by atoms with E-state index in [9.17, 15) is 15.0 Å². The first-order valence-electron chi connectivity index (χ1n) is 6.11. The highest BCUT2D eigenvalue weighted by atomic mass is 32.2. The van der Waals surface area contributed by atoms with Crippen molar-refractivity contribution in [2.75, 3.05) is 0 Å². The zero-order valence-corrected chi connectivity index (χ0v) is 11.0. The van der Waals surface area contributed by atoms with Crippen LogP contribution in [0.4, 0.5) is 0 Å². The van der Waals surface area contributed by atoms with Gasteiger partial charge in [0.2, 0.25) is 0 Å². The summed E-state index contributed by atoms with van der Waals surface area (Å²) in [6.07, 6.45) is 4.01. The Bertz CT molecular complexity index is 652. The van der Waals surface area contributed by atoms with E-state index in [1.165, 1.54) is 11.8 Å². The van der Waals surface area contributed by atoms with E-state index in [4.69, 9.17) is 0 Å². The molecule has 0 unspecified atom stereocenters. The van der Waals surface area contributed by atoms with Gasteiger partial charge in [0.1, 0.15) is 10.5 Å². The van der Waals surface area contributed by atoms with E-state index < -0.39 is 10.7 Å². The Morgan fingerprint density at radius 3 is 2.74 bits per heavy atom. The second-order valence-corrected chi connectivity index (χ2v) is 6.19. The number of carboxylic acid groups (broad SMARTS) is 1. The first kappa shape index (κ1) is 12.3. The molecule has 0 aliphatic heterocycles. The molecule has 1 aliphatic carbocycles. The Morgan fingerprint density at radius 2 is 2.11 bits per heavy atom. The van der Waals surface area contributed by atoms with Crippen molar-refractivity contribution < 1.29 is 15.0 Å². The van der Waals surface area contributed by atoms with Crippen LogP contribution >= 0.6 is 11.8 Å². The summed E-state index contributed by atoms with van der Waals surface area (Å²) in [5.41, 5.74) is 0.766. The number of fused-ring (bicyclic) bond motifs is 1. The number of phenolic OH excluding ortho intramolecular Hbond substituents is 1. The zero-order chi connectivity index (χ0) is 13.5. The smallest absolute Gasteiger partial charge is 0.320 e. The fourth-order valence-electron chi connectivity index (χ4n) is 2.27. The number of thioether (sulfide) groups is 1. The molecule has 3 rings (SSSR count). The molecule has 2 N–H and O–H groups in total. The third kappa shape index (κ3) is 2.04.